The van der Waals surface area contributed by atoms with E-state index >= 15 is 0 Å². The van der Waals surface area contributed by atoms with Crippen molar-refractivity contribution in [3.8, 4) is 0 Å². The summed E-state index contributed by atoms with van der Waals surface area (Å²) >= 11 is 1.61. The van der Waals surface area contributed by atoms with Gasteiger partial charge in [-0.05, 0) is 22.4 Å². The molecule has 0 aliphatic carbocycles. The van der Waals surface area contributed by atoms with E-state index in [2.05, 4.69) is 0 Å². The fourth-order valence-electron chi connectivity index (χ4n) is 1.17. The van der Waals surface area contributed by atoms with Gasteiger partial charge in [-0.15, -0.1) is 0 Å². The molecule has 0 bridgehead atoms. The lowest BCUT2D eigenvalue weighted by Gasteiger charge is -2.19. The molecule has 0 aliphatic rings. The zero-order valence-electron chi connectivity index (χ0n) is 8.93. The number of rotatable bonds is 5. The quantitative estimate of drug-likeness (QED) is 0.774. The third-order valence-corrected chi connectivity index (χ3v) is 2.68. The molecule has 0 unspecified atom stereocenters. The number of hydrogen-bond acceptors (Lipinski definition) is 4. The summed E-state index contributed by atoms with van der Waals surface area (Å²) in [6.07, 6.45) is -0.321. The summed E-state index contributed by atoms with van der Waals surface area (Å²) in [5.74, 6) is 0. The number of amides is 1. The van der Waals surface area contributed by atoms with E-state index in [1.807, 2.05) is 16.8 Å². The molecule has 1 rings (SSSR count). The zero-order chi connectivity index (χ0) is 11.1. The minimum atomic E-state index is -0.321. The third kappa shape index (κ3) is 3.89. The molecule has 15 heavy (non-hydrogen) atoms. The number of carbonyl (C=O) groups excluding carboxylic acids is 1. The van der Waals surface area contributed by atoms with E-state index in [0.717, 1.165) is 5.56 Å². The predicted molar refractivity (Wildman–Crippen MR) is 59.0 cm³/mol. The van der Waals surface area contributed by atoms with Gasteiger partial charge >= 0.3 is 6.09 Å². The molecule has 0 aromatic carbocycles. The van der Waals surface area contributed by atoms with Gasteiger partial charge in [-0.1, -0.05) is 0 Å². The van der Waals surface area contributed by atoms with E-state index in [4.69, 9.17) is 9.47 Å². The van der Waals surface area contributed by atoms with Gasteiger partial charge in [0.2, 0.25) is 0 Å². The average molecular weight is 229 g/mol. The summed E-state index contributed by atoms with van der Waals surface area (Å²) < 4.78 is 9.63. The maximum absolute atomic E-state index is 11.4. The molecule has 4 nitrogen and oxygen atoms in total. The van der Waals surface area contributed by atoms with E-state index in [-0.39, 0.29) is 6.09 Å². The smallest absolute Gasteiger partial charge is 0.409 e. The second kappa shape index (κ2) is 6.42. The van der Waals surface area contributed by atoms with Crippen molar-refractivity contribution in [2.45, 2.75) is 6.54 Å². The SMILES string of the molecule is COCCN(Cc1ccsc1)C(=O)OC. The summed E-state index contributed by atoms with van der Waals surface area (Å²) in [7, 11) is 3.00. The monoisotopic (exact) mass is 229 g/mol. The van der Waals surface area contributed by atoms with Gasteiger partial charge in [0.1, 0.15) is 0 Å². The molecule has 0 spiro atoms. The highest BCUT2D eigenvalue weighted by Gasteiger charge is 2.13. The second-order valence-corrected chi connectivity index (χ2v) is 3.80. The van der Waals surface area contributed by atoms with Crippen molar-refractivity contribution >= 4 is 17.4 Å². The van der Waals surface area contributed by atoms with Crippen molar-refractivity contribution < 1.29 is 14.3 Å². The molecular formula is C10H15NO3S. The van der Waals surface area contributed by atoms with Crippen LogP contribution in [0.2, 0.25) is 0 Å². The molecule has 0 radical (unpaired) electrons. The van der Waals surface area contributed by atoms with Gasteiger partial charge in [0.05, 0.1) is 13.7 Å². The van der Waals surface area contributed by atoms with Crippen molar-refractivity contribution in [1.82, 2.24) is 4.90 Å². The lowest BCUT2D eigenvalue weighted by atomic mass is 10.3. The van der Waals surface area contributed by atoms with Gasteiger partial charge in [-0.2, -0.15) is 11.3 Å². The highest BCUT2D eigenvalue weighted by Crippen LogP contribution is 2.10. The van der Waals surface area contributed by atoms with Crippen LogP contribution in [0.4, 0.5) is 4.79 Å². The van der Waals surface area contributed by atoms with Crippen LogP contribution in [0.1, 0.15) is 5.56 Å². The molecular weight excluding hydrogens is 214 g/mol. The van der Waals surface area contributed by atoms with Crippen LogP contribution < -0.4 is 0 Å². The van der Waals surface area contributed by atoms with Crippen LogP contribution >= 0.6 is 11.3 Å². The molecule has 1 heterocycles. The van der Waals surface area contributed by atoms with Crippen molar-refractivity contribution in [2.24, 2.45) is 0 Å². The first-order valence-corrected chi connectivity index (χ1v) is 5.55. The summed E-state index contributed by atoms with van der Waals surface area (Å²) in [5.41, 5.74) is 1.11. The molecule has 1 amide bonds. The Balaban J connectivity index is 2.52. The van der Waals surface area contributed by atoms with Gasteiger partial charge in [0.25, 0.3) is 0 Å². The van der Waals surface area contributed by atoms with Crippen LogP contribution in [0, 0.1) is 0 Å². The summed E-state index contributed by atoms with van der Waals surface area (Å²) in [6.45, 7) is 1.62. The van der Waals surface area contributed by atoms with Gasteiger partial charge in [0, 0.05) is 20.2 Å². The van der Waals surface area contributed by atoms with Gasteiger partial charge in [0.15, 0.2) is 0 Å². The number of methoxy groups -OCH3 is 2. The first kappa shape index (κ1) is 12.0. The maximum Gasteiger partial charge on any atom is 0.409 e. The molecule has 5 heteroatoms. The van der Waals surface area contributed by atoms with Gasteiger partial charge in [-0.25, -0.2) is 4.79 Å². The minimum absolute atomic E-state index is 0.321. The van der Waals surface area contributed by atoms with Crippen molar-refractivity contribution in [3.63, 3.8) is 0 Å². The molecule has 84 valence electrons. The average Bonchev–Trinajstić information content (AvgIpc) is 2.75. The lowest BCUT2D eigenvalue weighted by Crippen LogP contribution is -2.33. The van der Waals surface area contributed by atoms with Crippen molar-refractivity contribution in [1.29, 1.82) is 0 Å². The molecule has 0 fully saturated rings. The van der Waals surface area contributed by atoms with Crippen LogP contribution in [0.3, 0.4) is 0 Å². The molecule has 0 atom stereocenters. The van der Waals surface area contributed by atoms with Crippen LogP contribution in [0.15, 0.2) is 16.8 Å². The minimum Gasteiger partial charge on any atom is -0.453 e. The second-order valence-electron chi connectivity index (χ2n) is 3.02. The Bertz CT molecular complexity index is 287. The van der Waals surface area contributed by atoms with E-state index in [1.165, 1.54) is 7.11 Å². The summed E-state index contributed by atoms with van der Waals surface area (Å²) in [5, 5.41) is 4.00. The fraction of sp³-hybridized carbons (Fsp3) is 0.500. The van der Waals surface area contributed by atoms with Gasteiger partial charge in [-0.3, -0.25) is 0 Å². The Kier molecular flexibility index (Phi) is 5.14. The first-order valence-electron chi connectivity index (χ1n) is 4.61. The highest BCUT2D eigenvalue weighted by molar-refractivity contribution is 7.07. The fourth-order valence-corrected chi connectivity index (χ4v) is 1.83. The van der Waals surface area contributed by atoms with E-state index in [1.54, 1.807) is 23.3 Å². The van der Waals surface area contributed by atoms with E-state index in [9.17, 15) is 4.79 Å². The largest absolute Gasteiger partial charge is 0.453 e. The molecule has 0 saturated carbocycles. The van der Waals surface area contributed by atoms with Gasteiger partial charge < -0.3 is 14.4 Å². The van der Waals surface area contributed by atoms with Crippen molar-refractivity contribution in [2.75, 3.05) is 27.4 Å². The molecule has 0 aliphatic heterocycles. The normalized spacial score (nSPS) is 10.0. The van der Waals surface area contributed by atoms with Crippen LogP contribution in [-0.4, -0.2) is 38.4 Å². The Hall–Kier alpha value is -1.07. The number of hydrogen-bond donors (Lipinski definition) is 0. The number of thiophene rings is 1. The van der Waals surface area contributed by atoms with Crippen LogP contribution in [0.5, 0.6) is 0 Å². The first-order chi connectivity index (χ1) is 7.27. The van der Waals surface area contributed by atoms with E-state index < -0.39 is 0 Å². The Morgan fingerprint density at radius 2 is 2.33 bits per heavy atom. The maximum atomic E-state index is 11.4. The molecule has 1 aromatic rings. The van der Waals surface area contributed by atoms with E-state index in [0.29, 0.717) is 19.7 Å². The highest BCUT2D eigenvalue weighted by atomic mass is 32.1. The van der Waals surface area contributed by atoms with Crippen molar-refractivity contribution in [3.05, 3.63) is 22.4 Å². The molecule has 0 N–H and O–H groups in total. The van der Waals surface area contributed by atoms with Crippen LogP contribution in [-0.2, 0) is 16.0 Å². The number of ether oxygens (including phenoxy) is 2. The topological polar surface area (TPSA) is 38.8 Å². The predicted octanol–water partition coefficient (Wildman–Crippen LogP) is 1.96. The summed E-state index contributed by atoms with van der Waals surface area (Å²) in [6, 6.07) is 1.99. The Morgan fingerprint density at radius 1 is 1.53 bits per heavy atom. The third-order valence-electron chi connectivity index (χ3n) is 1.95. The lowest BCUT2D eigenvalue weighted by molar-refractivity contribution is 0.100. The number of nitrogens with zero attached hydrogens (tertiary/aromatic N) is 1. The van der Waals surface area contributed by atoms with Crippen LogP contribution in [0.25, 0.3) is 0 Å². The standard InChI is InChI=1S/C10H15NO3S/c1-13-5-4-11(10(12)14-2)7-9-3-6-15-8-9/h3,6,8H,4-5,7H2,1-2H3. The Labute approximate surface area is 93.4 Å². The summed E-state index contributed by atoms with van der Waals surface area (Å²) in [4.78, 5) is 13.0. The Morgan fingerprint density at radius 3 is 2.87 bits per heavy atom. The zero-order valence-corrected chi connectivity index (χ0v) is 9.75. The number of carbonyl (C=O) groups is 1. The molecule has 1 aromatic heterocycles. The molecule has 0 saturated heterocycles.